The van der Waals surface area contributed by atoms with Gasteiger partial charge in [0, 0.05) is 5.56 Å². The van der Waals surface area contributed by atoms with Gasteiger partial charge in [0.1, 0.15) is 29.6 Å². The van der Waals surface area contributed by atoms with Gasteiger partial charge in [0.05, 0.1) is 31.0 Å². The van der Waals surface area contributed by atoms with Crippen LogP contribution in [0.1, 0.15) is 29.9 Å². The summed E-state index contributed by atoms with van der Waals surface area (Å²) in [6, 6.07) is 16.4. The van der Waals surface area contributed by atoms with Gasteiger partial charge < -0.3 is 23.9 Å². The normalized spacial score (nSPS) is 17.1. The van der Waals surface area contributed by atoms with Gasteiger partial charge in [-0.25, -0.2) is 0 Å². The van der Waals surface area contributed by atoms with Crippen LogP contribution in [0.15, 0.2) is 89.6 Å². The Hall–Kier alpha value is -4.26. The summed E-state index contributed by atoms with van der Waals surface area (Å²) in [6.45, 7) is 6.38. The van der Waals surface area contributed by atoms with E-state index in [1.54, 1.807) is 66.7 Å². The largest absolute Gasteiger partial charge is 0.507 e. The molecular formula is C27H25NO6. The van der Waals surface area contributed by atoms with Crippen molar-refractivity contribution in [3.63, 3.8) is 0 Å². The number of ketones is 1. The van der Waals surface area contributed by atoms with Gasteiger partial charge in [-0.3, -0.25) is 9.59 Å². The molecule has 0 spiro atoms. The Labute approximate surface area is 197 Å². The highest BCUT2D eigenvalue weighted by Crippen LogP contribution is 2.41. The fraction of sp³-hybridized carbons (Fsp3) is 0.185. The van der Waals surface area contributed by atoms with Crippen LogP contribution in [0.4, 0.5) is 0 Å². The summed E-state index contributed by atoms with van der Waals surface area (Å²) in [5.41, 5.74) is 1.04. The van der Waals surface area contributed by atoms with Crippen LogP contribution in [-0.2, 0) is 16.1 Å². The van der Waals surface area contributed by atoms with E-state index in [2.05, 4.69) is 6.58 Å². The lowest BCUT2D eigenvalue weighted by atomic mass is 9.95. The standard InChI is InChI=1S/C27H25NO6/c1-3-14-33-20-12-10-18(11-13-20)25(29)23-24(19-7-5-8-21(16-19)32-4-2)28(27(31)26(23)30)17-22-9-6-15-34-22/h3,5-13,15-16,24,29H,1,4,14,17H2,2H3/t24-/m0/s1. The predicted molar refractivity (Wildman–Crippen MR) is 126 cm³/mol. The second kappa shape index (κ2) is 10.1. The van der Waals surface area contributed by atoms with Crippen LogP contribution in [0.25, 0.3) is 5.76 Å². The molecule has 2 aromatic carbocycles. The summed E-state index contributed by atoms with van der Waals surface area (Å²) in [6.07, 6.45) is 3.14. The lowest BCUT2D eigenvalue weighted by Crippen LogP contribution is -2.29. The molecule has 2 heterocycles. The molecule has 34 heavy (non-hydrogen) atoms. The Balaban J connectivity index is 1.79. The molecule has 1 N–H and O–H groups in total. The van der Waals surface area contributed by atoms with Crippen LogP contribution >= 0.6 is 0 Å². The minimum Gasteiger partial charge on any atom is -0.507 e. The highest BCUT2D eigenvalue weighted by molar-refractivity contribution is 6.46. The molecule has 0 bridgehead atoms. The van der Waals surface area contributed by atoms with Crippen LogP contribution in [-0.4, -0.2) is 34.9 Å². The third-order valence-electron chi connectivity index (χ3n) is 5.43. The summed E-state index contributed by atoms with van der Waals surface area (Å²) >= 11 is 0. The fourth-order valence-corrected chi connectivity index (χ4v) is 3.92. The summed E-state index contributed by atoms with van der Waals surface area (Å²) < 4.78 is 16.5. The molecule has 7 heteroatoms. The Morgan fingerprint density at radius 2 is 1.88 bits per heavy atom. The average molecular weight is 459 g/mol. The number of aliphatic hydroxyl groups is 1. The Morgan fingerprint density at radius 1 is 1.09 bits per heavy atom. The first kappa shape index (κ1) is 22.9. The zero-order valence-corrected chi connectivity index (χ0v) is 18.8. The van der Waals surface area contributed by atoms with E-state index in [-0.39, 0.29) is 17.9 Å². The third kappa shape index (κ3) is 4.59. The first-order valence-corrected chi connectivity index (χ1v) is 10.9. The van der Waals surface area contributed by atoms with Crippen molar-refractivity contribution in [2.24, 2.45) is 0 Å². The maximum absolute atomic E-state index is 13.2. The monoisotopic (exact) mass is 459 g/mol. The molecule has 1 saturated heterocycles. The predicted octanol–water partition coefficient (Wildman–Crippen LogP) is 4.87. The minimum atomic E-state index is -0.817. The van der Waals surface area contributed by atoms with E-state index in [0.29, 0.717) is 41.6 Å². The summed E-state index contributed by atoms with van der Waals surface area (Å²) in [5.74, 6) is -0.0134. The maximum Gasteiger partial charge on any atom is 0.296 e. The lowest BCUT2D eigenvalue weighted by Gasteiger charge is -2.25. The molecule has 1 aliphatic rings. The van der Waals surface area contributed by atoms with Gasteiger partial charge in [-0.2, -0.15) is 0 Å². The van der Waals surface area contributed by atoms with E-state index in [1.807, 2.05) is 6.92 Å². The molecule has 1 fully saturated rings. The zero-order valence-electron chi connectivity index (χ0n) is 18.8. The molecule has 7 nitrogen and oxygen atoms in total. The van der Waals surface area contributed by atoms with Gasteiger partial charge in [0.2, 0.25) is 0 Å². The number of ether oxygens (including phenoxy) is 2. The van der Waals surface area contributed by atoms with Crippen LogP contribution in [0.3, 0.4) is 0 Å². The van der Waals surface area contributed by atoms with Crippen LogP contribution < -0.4 is 9.47 Å². The van der Waals surface area contributed by atoms with Crippen molar-refractivity contribution < 1.29 is 28.6 Å². The Bertz CT molecular complexity index is 1210. The molecule has 0 saturated carbocycles. The number of hydrogen-bond donors (Lipinski definition) is 1. The van der Waals surface area contributed by atoms with Gasteiger partial charge in [-0.1, -0.05) is 24.8 Å². The van der Waals surface area contributed by atoms with E-state index >= 15 is 0 Å². The summed E-state index contributed by atoms with van der Waals surface area (Å²) in [7, 11) is 0. The topological polar surface area (TPSA) is 89.2 Å². The van der Waals surface area contributed by atoms with E-state index in [4.69, 9.17) is 13.9 Å². The van der Waals surface area contributed by atoms with Gasteiger partial charge in [-0.15, -0.1) is 0 Å². The number of Topliss-reactive ketones (excluding diaryl/α,β-unsaturated/α-hetero) is 1. The van der Waals surface area contributed by atoms with Crippen LogP contribution in [0.5, 0.6) is 11.5 Å². The molecule has 0 radical (unpaired) electrons. The molecule has 1 aliphatic heterocycles. The third-order valence-corrected chi connectivity index (χ3v) is 5.43. The minimum absolute atomic E-state index is 0.00460. The van der Waals surface area contributed by atoms with Crippen molar-refractivity contribution in [2.75, 3.05) is 13.2 Å². The molecular weight excluding hydrogens is 434 g/mol. The number of benzene rings is 2. The van der Waals surface area contributed by atoms with Crippen LogP contribution in [0.2, 0.25) is 0 Å². The maximum atomic E-state index is 13.2. The molecule has 3 aromatic rings. The van der Waals surface area contributed by atoms with E-state index in [1.165, 1.54) is 11.2 Å². The molecule has 174 valence electrons. The van der Waals surface area contributed by atoms with Crippen molar-refractivity contribution in [2.45, 2.75) is 19.5 Å². The molecule has 1 atom stereocenters. The Kier molecular flexibility index (Phi) is 6.82. The first-order chi connectivity index (χ1) is 16.5. The van der Waals surface area contributed by atoms with E-state index < -0.39 is 17.7 Å². The Morgan fingerprint density at radius 3 is 2.56 bits per heavy atom. The summed E-state index contributed by atoms with van der Waals surface area (Å²) in [4.78, 5) is 27.6. The smallest absolute Gasteiger partial charge is 0.296 e. The first-order valence-electron chi connectivity index (χ1n) is 10.9. The van der Waals surface area contributed by atoms with Gasteiger partial charge in [0.15, 0.2) is 0 Å². The number of furan rings is 1. The number of amides is 1. The number of rotatable bonds is 9. The SMILES string of the molecule is C=CCOc1ccc(C(O)=C2C(=O)C(=O)N(Cc3ccco3)[C@H]2c2cccc(OCC)c2)cc1. The molecule has 0 aliphatic carbocycles. The number of nitrogens with zero attached hydrogens (tertiary/aromatic N) is 1. The molecule has 4 rings (SSSR count). The number of aliphatic hydroxyl groups excluding tert-OH is 1. The summed E-state index contributed by atoms with van der Waals surface area (Å²) in [5, 5.41) is 11.2. The van der Waals surface area contributed by atoms with Crippen LogP contribution in [0, 0.1) is 0 Å². The van der Waals surface area contributed by atoms with Crippen molar-refractivity contribution in [3.8, 4) is 11.5 Å². The van der Waals surface area contributed by atoms with Crippen molar-refractivity contribution in [3.05, 3.63) is 102 Å². The molecule has 0 unspecified atom stereocenters. The van der Waals surface area contributed by atoms with E-state index in [0.717, 1.165) is 0 Å². The quantitative estimate of drug-likeness (QED) is 0.213. The van der Waals surface area contributed by atoms with Crippen molar-refractivity contribution in [1.29, 1.82) is 0 Å². The number of carbonyl (C=O) groups is 2. The van der Waals surface area contributed by atoms with Crippen molar-refractivity contribution >= 4 is 17.4 Å². The zero-order chi connectivity index (χ0) is 24.1. The number of likely N-dealkylation sites (tertiary alicyclic amines) is 1. The fourth-order valence-electron chi connectivity index (χ4n) is 3.92. The second-order valence-corrected chi connectivity index (χ2v) is 7.64. The molecule has 1 amide bonds. The molecule has 1 aromatic heterocycles. The lowest BCUT2D eigenvalue weighted by molar-refractivity contribution is -0.140. The van der Waals surface area contributed by atoms with Crippen molar-refractivity contribution in [1.82, 2.24) is 4.90 Å². The second-order valence-electron chi connectivity index (χ2n) is 7.64. The number of carbonyl (C=O) groups excluding carboxylic acids is 2. The number of hydrogen-bond acceptors (Lipinski definition) is 6. The highest BCUT2D eigenvalue weighted by Gasteiger charge is 2.46. The van der Waals surface area contributed by atoms with Gasteiger partial charge in [-0.05, 0) is 61.0 Å². The average Bonchev–Trinajstić information content (AvgIpc) is 3.45. The van der Waals surface area contributed by atoms with Gasteiger partial charge in [0.25, 0.3) is 11.7 Å². The van der Waals surface area contributed by atoms with Gasteiger partial charge >= 0.3 is 0 Å². The highest BCUT2D eigenvalue weighted by atomic mass is 16.5. The van der Waals surface area contributed by atoms with E-state index in [9.17, 15) is 14.7 Å².